The maximum atomic E-state index is 13.5. The van der Waals surface area contributed by atoms with Crippen LogP contribution in [0.1, 0.15) is 11.1 Å². The normalized spacial score (nSPS) is 10.3. The second-order valence-electron chi connectivity index (χ2n) is 4.32. The highest BCUT2D eigenvalue weighted by Crippen LogP contribution is 2.15. The van der Waals surface area contributed by atoms with Gasteiger partial charge in [-0.15, -0.1) is 0 Å². The zero-order valence-corrected chi connectivity index (χ0v) is 10.7. The minimum absolute atomic E-state index is 0.147. The first-order chi connectivity index (χ1) is 9.60. The number of anilines is 1. The number of hydrogen-bond donors (Lipinski definition) is 2. The van der Waals surface area contributed by atoms with Crippen molar-refractivity contribution < 1.29 is 13.6 Å². The lowest BCUT2D eigenvalue weighted by Gasteiger charge is -2.10. The molecule has 104 valence electrons. The predicted molar refractivity (Wildman–Crippen MR) is 73.0 cm³/mol. The van der Waals surface area contributed by atoms with E-state index in [0.717, 1.165) is 17.7 Å². The number of halogens is 2. The Morgan fingerprint density at radius 1 is 1.10 bits per heavy atom. The molecule has 3 nitrogen and oxygen atoms in total. The number of hydrogen-bond acceptors (Lipinski definition) is 2. The second kappa shape index (κ2) is 6.25. The van der Waals surface area contributed by atoms with Crippen LogP contribution >= 0.6 is 0 Å². The van der Waals surface area contributed by atoms with Crippen molar-refractivity contribution in [1.29, 1.82) is 0 Å². The topological polar surface area (TPSA) is 55.1 Å². The maximum absolute atomic E-state index is 13.5. The maximum Gasteiger partial charge on any atom is 0.228 e. The Morgan fingerprint density at radius 2 is 1.85 bits per heavy atom. The van der Waals surface area contributed by atoms with Crippen molar-refractivity contribution in [2.24, 2.45) is 5.73 Å². The van der Waals surface area contributed by atoms with Gasteiger partial charge in [0.1, 0.15) is 11.6 Å². The highest BCUT2D eigenvalue weighted by Gasteiger charge is 2.10. The summed E-state index contributed by atoms with van der Waals surface area (Å²) in [5, 5.41) is 2.67. The van der Waals surface area contributed by atoms with E-state index in [1.807, 2.05) is 6.07 Å². The van der Waals surface area contributed by atoms with Crippen LogP contribution in [-0.2, 0) is 17.8 Å². The summed E-state index contributed by atoms with van der Waals surface area (Å²) in [4.78, 5) is 11.9. The number of rotatable bonds is 4. The third kappa shape index (κ3) is 3.39. The van der Waals surface area contributed by atoms with E-state index in [1.54, 1.807) is 18.2 Å². The number of nitrogens with two attached hydrogens (primary N) is 1. The Kier molecular flexibility index (Phi) is 4.42. The summed E-state index contributed by atoms with van der Waals surface area (Å²) in [7, 11) is 0. The fourth-order valence-electron chi connectivity index (χ4n) is 1.85. The SMILES string of the molecule is NCc1ccccc1NC(=O)Cc1ccc(F)cc1F. The van der Waals surface area contributed by atoms with E-state index in [9.17, 15) is 13.6 Å². The molecular formula is C15H14F2N2O. The minimum atomic E-state index is -0.729. The van der Waals surface area contributed by atoms with Crippen molar-refractivity contribution in [3.63, 3.8) is 0 Å². The van der Waals surface area contributed by atoms with Gasteiger partial charge in [0.2, 0.25) is 5.91 Å². The van der Waals surface area contributed by atoms with E-state index in [0.29, 0.717) is 12.2 Å². The fourth-order valence-corrected chi connectivity index (χ4v) is 1.85. The van der Waals surface area contributed by atoms with Crippen molar-refractivity contribution in [1.82, 2.24) is 0 Å². The molecule has 0 aliphatic carbocycles. The lowest BCUT2D eigenvalue weighted by Crippen LogP contribution is -2.17. The molecule has 0 heterocycles. The predicted octanol–water partition coefficient (Wildman–Crippen LogP) is 2.60. The average Bonchev–Trinajstić information content (AvgIpc) is 2.42. The summed E-state index contributed by atoms with van der Waals surface area (Å²) in [5.41, 5.74) is 7.11. The highest BCUT2D eigenvalue weighted by molar-refractivity contribution is 5.93. The van der Waals surface area contributed by atoms with Gasteiger partial charge in [0.25, 0.3) is 0 Å². The van der Waals surface area contributed by atoms with Crippen LogP contribution < -0.4 is 11.1 Å². The third-order valence-electron chi connectivity index (χ3n) is 2.88. The molecule has 2 aromatic rings. The number of benzene rings is 2. The van der Waals surface area contributed by atoms with E-state index >= 15 is 0 Å². The lowest BCUT2D eigenvalue weighted by atomic mass is 10.1. The zero-order valence-electron chi connectivity index (χ0n) is 10.7. The molecule has 0 atom stereocenters. The molecule has 3 N–H and O–H groups in total. The Labute approximate surface area is 115 Å². The van der Waals surface area contributed by atoms with Crippen molar-refractivity contribution >= 4 is 11.6 Å². The molecule has 0 bridgehead atoms. The first-order valence-electron chi connectivity index (χ1n) is 6.12. The molecule has 2 aromatic carbocycles. The molecule has 0 aromatic heterocycles. The van der Waals surface area contributed by atoms with Gasteiger partial charge in [-0.3, -0.25) is 4.79 Å². The van der Waals surface area contributed by atoms with E-state index in [4.69, 9.17) is 5.73 Å². The molecule has 0 unspecified atom stereocenters. The summed E-state index contributed by atoms with van der Waals surface area (Å²) < 4.78 is 26.2. The van der Waals surface area contributed by atoms with Crippen LogP contribution in [0.25, 0.3) is 0 Å². The molecular weight excluding hydrogens is 262 g/mol. The molecule has 0 fully saturated rings. The van der Waals surface area contributed by atoms with Crippen molar-refractivity contribution in [2.45, 2.75) is 13.0 Å². The summed E-state index contributed by atoms with van der Waals surface area (Å²) >= 11 is 0. The first kappa shape index (κ1) is 14.1. The number of carbonyl (C=O) groups excluding carboxylic acids is 1. The van der Waals surface area contributed by atoms with Crippen LogP contribution in [0, 0.1) is 11.6 Å². The number of carbonyl (C=O) groups is 1. The molecule has 0 spiro atoms. The van der Waals surface area contributed by atoms with Gasteiger partial charge in [0.05, 0.1) is 6.42 Å². The lowest BCUT2D eigenvalue weighted by molar-refractivity contribution is -0.115. The van der Waals surface area contributed by atoms with E-state index < -0.39 is 11.6 Å². The summed E-state index contributed by atoms with van der Waals surface area (Å²) in [6.45, 7) is 0.293. The Bertz CT molecular complexity index is 629. The highest BCUT2D eigenvalue weighted by atomic mass is 19.1. The molecule has 0 aliphatic heterocycles. The Hall–Kier alpha value is -2.27. The largest absolute Gasteiger partial charge is 0.326 e. The van der Waals surface area contributed by atoms with Gasteiger partial charge in [-0.25, -0.2) is 8.78 Å². The standard InChI is InChI=1S/C15H14F2N2O/c16-12-6-5-10(13(17)8-12)7-15(20)19-14-4-2-1-3-11(14)9-18/h1-6,8H,7,9,18H2,(H,19,20). The number of nitrogens with one attached hydrogen (secondary N) is 1. The summed E-state index contributed by atoms with van der Waals surface area (Å²) in [5.74, 6) is -1.77. The van der Waals surface area contributed by atoms with Crippen LogP contribution in [0.5, 0.6) is 0 Å². The van der Waals surface area contributed by atoms with Gasteiger partial charge in [0, 0.05) is 18.3 Å². The first-order valence-corrected chi connectivity index (χ1v) is 6.12. The molecule has 5 heteroatoms. The monoisotopic (exact) mass is 276 g/mol. The quantitative estimate of drug-likeness (QED) is 0.902. The molecule has 0 aliphatic rings. The molecule has 0 saturated heterocycles. The molecule has 0 saturated carbocycles. The van der Waals surface area contributed by atoms with Gasteiger partial charge in [0.15, 0.2) is 0 Å². The summed E-state index contributed by atoms with van der Waals surface area (Å²) in [6.07, 6.45) is -0.162. The van der Waals surface area contributed by atoms with Gasteiger partial charge in [-0.1, -0.05) is 24.3 Å². The van der Waals surface area contributed by atoms with Gasteiger partial charge >= 0.3 is 0 Å². The van der Waals surface area contributed by atoms with Crippen LogP contribution in [-0.4, -0.2) is 5.91 Å². The van der Waals surface area contributed by atoms with E-state index in [1.165, 1.54) is 6.07 Å². The van der Waals surface area contributed by atoms with Crippen molar-refractivity contribution in [2.75, 3.05) is 5.32 Å². The van der Waals surface area contributed by atoms with E-state index in [-0.39, 0.29) is 17.9 Å². The minimum Gasteiger partial charge on any atom is -0.326 e. The number of amides is 1. The fraction of sp³-hybridized carbons (Fsp3) is 0.133. The van der Waals surface area contributed by atoms with Gasteiger partial charge in [-0.2, -0.15) is 0 Å². The molecule has 0 radical (unpaired) electrons. The molecule has 20 heavy (non-hydrogen) atoms. The van der Waals surface area contributed by atoms with Crippen molar-refractivity contribution in [3.05, 3.63) is 65.2 Å². The Morgan fingerprint density at radius 3 is 2.55 bits per heavy atom. The average molecular weight is 276 g/mol. The molecule has 1 amide bonds. The van der Waals surface area contributed by atoms with Crippen LogP contribution in [0.2, 0.25) is 0 Å². The third-order valence-corrected chi connectivity index (χ3v) is 2.88. The number of para-hydroxylation sites is 1. The molecule has 2 rings (SSSR count). The van der Waals surface area contributed by atoms with Gasteiger partial charge in [-0.05, 0) is 23.3 Å². The van der Waals surface area contributed by atoms with Crippen molar-refractivity contribution in [3.8, 4) is 0 Å². The second-order valence-corrected chi connectivity index (χ2v) is 4.32. The zero-order chi connectivity index (χ0) is 14.5. The smallest absolute Gasteiger partial charge is 0.228 e. The van der Waals surface area contributed by atoms with Crippen LogP contribution in [0.4, 0.5) is 14.5 Å². The Balaban J connectivity index is 2.09. The van der Waals surface area contributed by atoms with Gasteiger partial charge < -0.3 is 11.1 Å². The van der Waals surface area contributed by atoms with Crippen LogP contribution in [0.15, 0.2) is 42.5 Å². The van der Waals surface area contributed by atoms with E-state index in [2.05, 4.69) is 5.32 Å². The summed E-state index contributed by atoms with van der Waals surface area (Å²) in [6, 6.07) is 10.3. The van der Waals surface area contributed by atoms with Crippen LogP contribution in [0.3, 0.4) is 0 Å².